The van der Waals surface area contributed by atoms with Gasteiger partial charge in [-0.25, -0.2) is 0 Å². The van der Waals surface area contributed by atoms with Crippen molar-refractivity contribution in [3.8, 4) is 0 Å². The van der Waals surface area contributed by atoms with E-state index in [-0.39, 0.29) is 22.8 Å². The number of hydrogen-bond acceptors (Lipinski definition) is 3. The highest BCUT2D eigenvalue weighted by atomic mass is 16.2. The molecule has 2 rings (SSSR count). The van der Waals surface area contributed by atoms with Crippen molar-refractivity contribution in [1.29, 1.82) is 0 Å². The summed E-state index contributed by atoms with van der Waals surface area (Å²) in [6.45, 7) is 6.81. The van der Waals surface area contributed by atoms with Gasteiger partial charge in [-0.2, -0.15) is 0 Å². The van der Waals surface area contributed by atoms with E-state index in [1.165, 1.54) is 0 Å². The zero-order valence-corrected chi connectivity index (χ0v) is 12.0. The number of fused-ring (bicyclic) bond motifs is 2. The molecule has 3 atom stereocenters. The van der Waals surface area contributed by atoms with Crippen molar-refractivity contribution in [1.82, 2.24) is 10.2 Å². The van der Waals surface area contributed by atoms with Crippen LogP contribution < -0.4 is 5.32 Å². The first-order valence-electron chi connectivity index (χ1n) is 6.71. The van der Waals surface area contributed by atoms with E-state index >= 15 is 0 Å². The summed E-state index contributed by atoms with van der Waals surface area (Å²) in [5, 5.41) is 2.62. The highest BCUT2D eigenvalue weighted by Gasteiger charge is 2.66. The monoisotopic (exact) mass is 252 g/mol. The van der Waals surface area contributed by atoms with Crippen LogP contribution in [0.15, 0.2) is 0 Å². The number of nitrogens with one attached hydrogen (secondary N) is 1. The molecule has 2 bridgehead atoms. The lowest BCUT2D eigenvalue weighted by Gasteiger charge is -2.32. The molecule has 4 heteroatoms. The van der Waals surface area contributed by atoms with Crippen LogP contribution in [0.3, 0.4) is 0 Å². The van der Waals surface area contributed by atoms with E-state index in [4.69, 9.17) is 0 Å². The second-order valence-electron chi connectivity index (χ2n) is 6.60. The average molecular weight is 252 g/mol. The third-order valence-corrected chi connectivity index (χ3v) is 5.64. The van der Waals surface area contributed by atoms with Crippen molar-refractivity contribution < 1.29 is 9.59 Å². The van der Waals surface area contributed by atoms with Crippen molar-refractivity contribution in [3.63, 3.8) is 0 Å². The second kappa shape index (κ2) is 4.05. The summed E-state index contributed by atoms with van der Waals surface area (Å²) in [5.74, 6) is 0.677. The first-order chi connectivity index (χ1) is 8.25. The van der Waals surface area contributed by atoms with Crippen molar-refractivity contribution >= 4 is 11.7 Å². The largest absolute Gasteiger partial charge is 0.358 e. The lowest BCUT2D eigenvalue weighted by atomic mass is 9.70. The Labute approximate surface area is 109 Å². The summed E-state index contributed by atoms with van der Waals surface area (Å²) < 4.78 is 0. The third kappa shape index (κ3) is 1.54. The molecule has 0 spiro atoms. The Balaban J connectivity index is 2.22. The second-order valence-corrected chi connectivity index (χ2v) is 6.60. The molecule has 0 radical (unpaired) electrons. The van der Waals surface area contributed by atoms with Crippen molar-refractivity contribution in [2.24, 2.45) is 16.7 Å². The first-order valence-corrected chi connectivity index (χ1v) is 6.71. The molecule has 2 aliphatic rings. The molecule has 2 aliphatic carbocycles. The van der Waals surface area contributed by atoms with Gasteiger partial charge in [0.15, 0.2) is 5.78 Å². The predicted molar refractivity (Wildman–Crippen MR) is 70.1 cm³/mol. The molecule has 0 heterocycles. The van der Waals surface area contributed by atoms with Crippen LogP contribution in [0.2, 0.25) is 0 Å². The summed E-state index contributed by atoms with van der Waals surface area (Å²) in [6, 6.07) is -0.0870. The Hall–Kier alpha value is -0.900. The number of hydrogen-bond donors (Lipinski definition) is 1. The number of Topliss-reactive ketones (excluding diaryl/α,β-unsaturated/α-hetero) is 1. The zero-order chi connectivity index (χ0) is 13.7. The van der Waals surface area contributed by atoms with Gasteiger partial charge in [0, 0.05) is 12.5 Å². The third-order valence-electron chi connectivity index (χ3n) is 5.64. The minimum Gasteiger partial charge on any atom is -0.358 e. The van der Waals surface area contributed by atoms with Crippen LogP contribution in [0.5, 0.6) is 0 Å². The minimum atomic E-state index is -0.209. The molecule has 1 N–H and O–H groups in total. The van der Waals surface area contributed by atoms with E-state index in [0.29, 0.717) is 18.2 Å². The van der Waals surface area contributed by atoms with Crippen LogP contribution >= 0.6 is 0 Å². The zero-order valence-electron chi connectivity index (χ0n) is 12.0. The molecule has 0 aromatic carbocycles. The number of likely N-dealkylation sites (N-methyl/N-ethyl adjacent to an activating group) is 2. The molecule has 1 amide bonds. The average Bonchev–Trinajstić information content (AvgIpc) is 2.60. The molecular formula is C14H24N2O2. The smallest absolute Gasteiger partial charge is 0.233 e. The molecule has 2 fully saturated rings. The lowest BCUT2D eigenvalue weighted by Crippen LogP contribution is -2.48. The Kier molecular flexibility index (Phi) is 3.05. The van der Waals surface area contributed by atoms with Gasteiger partial charge >= 0.3 is 0 Å². The quantitative estimate of drug-likeness (QED) is 0.817. The highest BCUT2D eigenvalue weighted by Crippen LogP contribution is 2.64. The molecular weight excluding hydrogens is 228 g/mol. The molecule has 102 valence electrons. The van der Waals surface area contributed by atoms with E-state index in [1.54, 1.807) is 7.05 Å². The van der Waals surface area contributed by atoms with E-state index in [0.717, 1.165) is 12.8 Å². The summed E-state index contributed by atoms with van der Waals surface area (Å²) in [5.41, 5.74) is -0.162. The van der Waals surface area contributed by atoms with Gasteiger partial charge in [0.2, 0.25) is 5.91 Å². The van der Waals surface area contributed by atoms with Gasteiger partial charge in [0.25, 0.3) is 0 Å². The molecule has 0 saturated heterocycles. The van der Waals surface area contributed by atoms with E-state index in [9.17, 15) is 9.59 Å². The van der Waals surface area contributed by atoms with Crippen LogP contribution in [0.4, 0.5) is 0 Å². The van der Waals surface area contributed by atoms with Crippen LogP contribution in [-0.2, 0) is 9.59 Å². The summed E-state index contributed by atoms with van der Waals surface area (Å²) >= 11 is 0. The van der Waals surface area contributed by atoms with Gasteiger partial charge in [-0.3, -0.25) is 14.5 Å². The molecule has 4 nitrogen and oxygen atoms in total. The van der Waals surface area contributed by atoms with E-state index in [1.807, 2.05) is 11.9 Å². The number of carbonyl (C=O) groups excluding carboxylic acids is 2. The number of nitrogens with zero attached hydrogens (tertiary/aromatic N) is 1. The van der Waals surface area contributed by atoms with E-state index in [2.05, 4.69) is 26.1 Å². The van der Waals surface area contributed by atoms with E-state index < -0.39 is 0 Å². The molecule has 0 aliphatic heterocycles. The Bertz CT molecular complexity index is 391. The topological polar surface area (TPSA) is 49.4 Å². The summed E-state index contributed by atoms with van der Waals surface area (Å²) in [4.78, 5) is 26.0. The van der Waals surface area contributed by atoms with Gasteiger partial charge < -0.3 is 5.32 Å². The molecule has 3 unspecified atom stereocenters. The summed E-state index contributed by atoms with van der Waals surface area (Å²) in [7, 11) is 3.52. The van der Waals surface area contributed by atoms with Crippen LogP contribution in [-0.4, -0.2) is 43.3 Å². The maximum absolute atomic E-state index is 12.6. The first kappa shape index (κ1) is 13.5. The van der Waals surface area contributed by atoms with Crippen LogP contribution in [0, 0.1) is 16.7 Å². The predicted octanol–water partition coefficient (Wildman–Crippen LogP) is 1.06. The fourth-order valence-electron chi connectivity index (χ4n) is 3.95. The van der Waals surface area contributed by atoms with Crippen molar-refractivity contribution in [2.45, 2.75) is 39.7 Å². The highest BCUT2D eigenvalue weighted by molar-refractivity contribution is 5.94. The number of amides is 1. The van der Waals surface area contributed by atoms with Gasteiger partial charge in [0.1, 0.15) is 0 Å². The van der Waals surface area contributed by atoms with Crippen molar-refractivity contribution in [2.75, 3.05) is 20.6 Å². The van der Waals surface area contributed by atoms with Gasteiger partial charge in [-0.1, -0.05) is 20.8 Å². The fraction of sp³-hybridized carbons (Fsp3) is 0.857. The molecule has 18 heavy (non-hydrogen) atoms. The Morgan fingerprint density at radius 3 is 2.50 bits per heavy atom. The number of ketones is 1. The maximum Gasteiger partial charge on any atom is 0.233 e. The van der Waals surface area contributed by atoms with Gasteiger partial charge in [0.05, 0.1) is 12.6 Å². The number of rotatable bonds is 3. The van der Waals surface area contributed by atoms with Crippen molar-refractivity contribution in [3.05, 3.63) is 0 Å². The van der Waals surface area contributed by atoms with Crippen LogP contribution in [0.25, 0.3) is 0 Å². The fourth-order valence-corrected chi connectivity index (χ4v) is 3.95. The van der Waals surface area contributed by atoms with Gasteiger partial charge in [-0.15, -0.1) is 0 Å². The Morgan fingerprint density at radius 1 is 1.44 bits per heavy atom. The van der Waals surface area contributed by atoms with Crippen LogP contribution in [0.1, 0.15) is 33.6 Å². The lowest BCUT2D eigenvalue weighted by molar-refractivity contribution is -0.133. The minimum absolute atomic E-state index is 0.0315. The molecule has 0 aromatic rings. The summed E-state index contributed by atoms with van der Waals surface area (Å²) in [6.07, 6.45) is 2.09. The Morgan fingerprint density at radius 2 is 2.06 bits per heavy atom. The SMILES string of the molecule is CNC(=O)CN(C)C1C(=O)C2(C)CCC1C2(C)C. The molecule has 2 saturated carbocycles. The maximum atomic E-state index is 12.6. The standard InChI is InChI=1S/C14H24N2O2/c1-13(2)9-6-7-14(13,3)12(18)11(9)16(5)8-10(17)15-4/h9,11H,6-8H2,1-5H3,(H,15,17). The normalized spacial score (nSPS) is 37.3. The number of carbonyl (C=O) groups is 2. The van der Waals surface area contributed by atoms with Gasteiger partial charge in [-0.05, 0) is 31.2 Å². The molecule has 0 aromatic heterocycles.